The molecule has 5 nitrogen and oxygen atoms in total. The maximum atomic E-state index is 12.4. The van der Waals surface area contributed by atoms with E-state index < -0.39 is 18.2 Å². The van der Waals surface area contributed by atoms with E-state index in [1.54, 1.807) is 4.90 Å². The Kier molecular flexibility index (Phi) is 4.43. The maximum absolute atomic E-state index is 12.4. The smallest absolute Gasteiger partial charge is 0.332 e. The molecule has 1 saturated carbocycles. The summed E-state index contributed by atoms with van der Waals surface area (Å²) in [5.41, 5.74) is 0. The minimum atomic E-state index is -1.00. The SMILES string of the molecule is C#CCN(C(=O)[C@@H]1CC[C@H](C(=O)O)O1)C1CCCC1. The molecule has 1 amide bonds. The van der Waals surface area contributed by atoms with Gasteiger partial charge in [-0.2, -0.15) is 0 Å². The van der Waals surface area contributed by atoms with Crippen molar-refractivity contribution >= 4 is 11.9 Å². The zero-order valence-corrected chi connectivity index (χ0v) is 10.9. The van der Waals surface area contributed by atoms with Crippen LogP contribution in [0.5, 0.6) is 0 Å². The number of aliphatic carboxylic acids is 1. The van der Waals surface area contributed by atoms with Gasteiger partial charge in [-0.15, -0.1) is 6.42 Å². The van der Waals surface area contributed by atoms with E-state index in [4.69, 9.17) is 16.3 Å². The number of carbonyl (C=O) groups is 2. The highest BCUT2D eigenvalue weighted by molar-refractivity contribution is 5.83. The van der Waals surface area contributed by atoms with Gasteiger partial charge >= 0.3 is 5.97 Å². The third kappa shape index (κ3) is 3.07. The Hall–Kier alpha value is -1.54. The fourth-order valence-electron chi connectivity index (χ4n) is 2.89. The molecule has 19 heavy (non-hydrogen) atoms. The normalized spacial score (nSPS) is 27.1. The van der Waals surface area contributed by atoms with Gasteiger partial charge in [-0.25, -0.2) is 4.79 Å². The van der Waals surface area contributed by atoms with Gasteiger partial charge in [-0.05, 0) is 25.7 Å². The summed E-state index contributed by atoms with van der Waals surface area (Å²) in [4.78, 5) is 24.9. The molecule has 5 heteroatoms. The first-order valence-corrected chi connectivity index (χ1v) is 6.75. The van der Waals surface area contributed by atoms with Crippen molar-refractivity contribution in [3.05, 3.63) is 0 Å². The Labute approximate surface area is 112 Å². The van der Waals surface area contributed by atoms with Crippen molar-refractivity contribution in [2.24, 2.45) is 0 Å². The molecule has 1 heterocycles. The van der Waals surface area contributed by atoms with Crippen LogP contribution in [0.4, 0.5) is 0 Å². The fourth-order valence-corrected chi connectivity index (χ4v) is 2.89. The number of carboxylic acids is 1. The quantitative estimate of drug-likeness (QED) is 0.771. The van der Waals surface area contributed by atoms with Crippen molar-refractivity contribution in [2.75, 3.05) is 6.54 Å². The van der Waals surface area contributed by atoms with Crippen LogP contribution in [0.1, 0.15) is 38.5 Å². The fraction of sp³-hybridized carbons (Fsp3) is 0.714. The van der Waals surface area contributed by atoms with Crippen molar-refractivity contribution in [3.63, 3.8) is 0 Å². The summed E-state index contributed by atoms with van der Waals surface area (Å²) >= 11 is 0. The van der Waals surface area contributed by atoms with Crippen LogP contribution in [0.15, 0.2) is 0 Å². The van der Waals surface area contributed by atoms with Gasteiger partial charge in [-0.1, -0.05) is 18.8 Å². The third-order valence-corrected chi connectivity index (χ3v) is 3.88. The average Bonchev–Trinajstić information content (AvgIpc) is 3.05. The van der Waals surface area contributed by atoms with Crippen LogP contribution in [0, 0.1) is 12.3 Å². The van der Waals surface area contributed by atoms with Gasteiger partial charge in [0.2, 0.25) is 0 Å². The highest BCUT2D eigenvalue weighted by atomic mass is 16.5. The van der Waals surface area contributed by atoms with E-state index in [1.807, 2.05) is 0 Å². The molecule has 2 rings (SSSR count). The molecular weight excluding hydrogens is 246 g/mol. The monoisotopic (exact) mass is 265 g/mol. The Bertz CT molecular complexity index is 395. The first-order chi connectivity index (χ1) is 9.13. The zero-order valence-electron chi connectivity index (χ0n) is 10.9. The summed E-state index contributed by atoms with van der Waals surface area (Å²) in [7, 11) is 0. The molecule has 0 spiro atoms. The minimum Gasteiger partial charge on any atom is -0.479 e. The summed E-state index contributed by atoms with van der Waals surface area (Å²) < 4.78 is 5.31. The van der Waals surface area contributed by atoms with E-state index in [2.05, 4.69) is 5.92 Å². The van der Waals surface area contributed by atoms with Crippen molar-refractivity contribution in [3.8, 4) is 12.3 Å². The largest absolute Gasteiger partial charge is 0.479 e. The van der Waals surface area contributed by atoms with Crippen LogP contribution < -0.4 is 0 Å². The highest BCUT2D eigenvalue weighted by Gasteiger charge is 2.38. The lowest BCUT2D eigenvalue weighted by Gasteiger charge is -2.29. The standard InChI is InChI=1S/C14H19NO4/c1-2-9-15(10-5-3-4-6-10)13(16)11-7-8-12(19-11)14(17)18/h1,10-12H,3-9H2,(H,17,18)/t11-,12+/m0/s1. The van der Waals surface area contributed by atoms with Gasteiger partial charge < -0.3 is 14.7 Å². The van der Waals surface area contributed by atoms with Crippen molar-refractivity contribution < 1.29 is 19.4 Å². The summed E-state index contributed by atoms with van der Waals surface area (Å²) in [5.74, 6) is 1.37. The molecule has 0 unspecified atom stereocenters. The number of carboxylic acid groups (broad SMARTS) is 1. The molecule has 0 aromatic carbocycles. The average molecular weight is 265 g/mol. The van der Waals surface area contributed by atoms with Crippen LogP contribution in [0.3, 0.4) is 0 Å². The molecule has 0 aromatic rings. The van der Waals surface area contributed by atoms with Gasteiger partial charge in [0.1, 0.15) is 6.10 Å². The second-order valence-corrected chi connectivity index (χ2v) is 5.14. The van der Waals surface area contributed by atoms with E-state index in [-0.39, 0.29) is 18.5 Å². The first-order valence-electron chi connectivity index (χ1n) is 6.75. The van der Waals surface area contributed by atoms with Crippen molar-refractivity contribution in [1.29, 1.82) is 0 Å². The number of ether oxygens (including phenoxy) is 1. The van der Waals surface area contributed by atoms with E-state index in [9.17, 15) is 9.59 Å². The Morgan fingerprint density at radius 2 is 1.84 bits per heavy atom. The molecule has 2 atom stereocenters. The second kappa shape index (κ2) is 6.07. The van der Waals surface area contributed by atoms with E-state index >= 15 is 0 Å². The molecule has 0 aromatic heterocycles. The number of nitrogens with zero attached hydrogens (tertiary/aromatic N) is 1. The van der Waals surface area contributed by atoms with Gasteiger partial charge in [-0.3, -0.25) is 4.79 Å². The van der Waals surface area contributed by atoms with Gasteiger partial charge in [0.15, 0.2) is 6.10 Å². The number of hydrogen-bond acceptors (Lipinski definition) is 3. The Balaban J connectivity index is 2.00. The lowest BCUT2D eigenvalue weighted by atomic mass is 10.1. The molecule has 1 aliphatic carbocycles. The summed E-state index contributed by atoms with van der Waals surface area (Å²) in [6, 6.07) is 0.191. The number of rotatable bonds is 4. The predicted molar refractivity (Wildman–Crippen MR) is 68.3 cm³/mol. The zero-order chi connectivity index (χ0) is 13.8. The van der Waals surface area contributed by atoms with Gasteiger partial charge in [0.25, 0.3) is 5.91 Å². The Morgan fingerprint density at radius 1 is 1.21 bits per heavy atom. The molecule has 1 N–H and O–H groups in total. The van der Waals surface area contributed by atoms with Crippen molar-refractivity contribution in [2.45, 2.75) is 56.8 Å². The number of hydrogen-bond donors (Lipinski definition) is 1. The first kappa shape index (κ1) is 13.9. The van der Waals surface area contributed by atoms with Gasteiger partial charge in [0.05, 0.1) is 6.54 Å². The van der Waals surface area contributed by atoms with Crippen LogP contribution in [-0.4, -0.2) is 46.7 Å². The molecular formula is C14H19NO4. The van der Waals surface area contributed by atoms with Crippen molar-refractivity contribution in [1.82, 2.24) is 4.90 Å². The minimum absolute atomic E-state index is 0.145. The van der Waals surface area contributed by atoms with E-state index in [0.717, 1.165) is 25.7 Å². The number of amides is 1. The summed E-state index contributed by atoms with van der Waals surface area (Å²) in [6.45, 7) is 0.279. The molecule has 1 saturated heterocycles. The van der Waals surface area contributed by atoms with E-state index in [0.29, 0.717) is 12.8 Å². The van der Waals surface area contributed by atoms with Crippen LogP contribution in [-0.2, 0) is 14.3 Å². The molecule has 0 radical (unpaired) electrons. The molecule has 2 aliphatic rings. The van der Waals surface area contributed by atoms with E-state index in [1.165, 1.54) is 0 Å². The molecule has 0 bridgehead atoms. The molecule has 1 aliphatic heterocycles. The maximum Gasteiger partial charge on any atom is 0.332 e. The van der Waals surface area contributed by atoms with Crippen LogP contribution in [0.25, 0.3) is 0 Å². The van der Waals surface area contributed by atoms with Crippen LogP contribution in [0.2, 0.25) is 0 Å². The predicted octanol–water partition coefficient (Wildman–Crippen LogP) is 1.02. The molecule has 2 fully saturated rings. The highest BCUT2D eigenvalue weighted by Crippen LogP contribution is 2.27. The molecule has 104 valence electrons. The van der Waals surface area contributed by atoms with Gasteiger partial charge in [0, 0.05) is 6.04 Å². The lowest BCUT2D eigenvalue weighted by Crippen LogP contribution is -2.45. The summed E-state index contributed by atoms with van der Waals surface area (Å²) in [5, 5.41) is 8.88. The summed E-state index contributed by atoms with van der Waals surface area (Å²) in [6.07, 6.45) is 8.86. The Morgan fingerprint density at radius 3 is 2.37 bits per heavy atom. The topological polar surface area (TPSA) is 66.8 Å². The number of carbonyl (C=O) groups excluding carboxylic acids is 1. The lowest BCUT2D eigenvalue weighted by molar-refractivity contribution is -0.155. The van der Waals surface area contributed by atoms with Crippen LogP contribution >= 0.6 is 0 Å². The second-order valence-electron chi connectivity index (χ2n) is 5.14. The number of terminal acetylenes is 1. The third-order valence-electron chi connectivity index (χ3n) is 3.88.